The Balaban J connectivity index is 1.74. The van der Waals surface area contributed by atoms with E-state index in [1.165, 1.54) is 14.0 Å². The normalized spacial score (nSPS) is 40.3. The number of hydrogen-bond acceptors (Lipinski definition) is 19. The Morgan fingerprint density at radius 2 is 1.17 bits per heavy atom. The van der Waals surface area contributed by atoms with Crippen LogP contribution in [0.2, 0.25) is 0 Å². The Kier molecular flexibility index (Phi) is 16.4. The lowest BCUT2D eigenvalue weighted by atomic mass is 9.96. The van der Waals surface area contributed by atoms with Gasteiger partial charge < -0.3 is 94.5 Å². The minimum Gasteiger partial charge on any atom is -0.447 e. The molecule has 21 nitrogen and oxygen atoms in total. The molecule has 3 fully saturated rings. The summed E-state index contributed by atoms with van der Waals surface area (Å²) in [6, 6.07) is 0. The van der Waals surface area contributed by atoms with Crippen LogP contribution in [0.1, 0.15) is 13.3 Å². The van der Waals surface area contributed by atoms with Crippen LogP contribution in [0, 0.1) is 0 Å². The minimum absolute atomic E-state index is 0.193. The van der Waals surface area contributed by atoms with Crippen molar-refractivity contribution in [3.63, 3.8) is 0 Å². The summed E-state index contributed by atoms with van der Waals surface area (Å²) in [4.78, 5) is 23.0. The molecule has 15 atom stereocenters. The minimum atomic E-state index is -1.87. The van der Waals surface area contributed by atoms with E-state index in [2.05, 4.69) is 10.6 Å². The van der Waals surface area contributed by atoms with Crippen LogP contribution in [0.3, 0.4) is 0 Å². The number of ether oxygens (including phenoxy) is 8. The van der Waals surface area contributed by atoms with E-state index in [4.69, 9.17) is 37.9 Å². The third-order valence-electron chi connectivity index (χ3n) is 7.90. The van der Waals surface area contributed by atoms with Gasteiger partial charge in [-0.3, -0.25) is 4.79 Å². The number of carbonyl (C=O) groups excluding carboxylic acids is 2. The van der Waals surface area contributed by atoms with Gasteiger partial charge in [0, 0.05) is 27.1 Å². The Labute approximate surface area is 275 Å². The number of hydrogen-bond donors (Lipinski definition) is 11. The van der Waals surface area contributed by atoms with Gasteiger partial charge in [-0.05, 0) is 6.42 Å². The number of rotatable bonds is 16. The average molecular weight is 705 g/mol. The number of aliphatic hydroxyl groups is 9. The molecule has 2 amide bonds. The van der Waals surface area contributed by atoms with Gasteiger partial charge in [0.05, 0.1) is 26.4 Å². The zero-order valence-electron chi connectivity index (χ0n) is 26.4. The van der Waals surface area contributed by atoms with Crippen LogP contribution in [0.15, 0.2) is 0 Å². The molecule has 3 aliphatic heterocycles. The van der Waals surface area contributed by atoms with E-state index in [-0.39, 0.29) is 25.7 Å². The molecule has 0 bridgehead atoms. The molecule has 0 unspecified atom stereocenters. The van der Waals surface area contributed by atoms with Crippen LogP contribution in [0.4, 0.5) is 4.79 Å². The summed E-state index contributed by atoms with van der Waals surface area (Å²) in [5.74, 6) is -0.218. The molecule has 0 saturated carbocycles. The molecular weight excluding hydrogens is 656 g/mol. The van der Waals surface area contributed by atoms with Crippen LogP contribution >= 0.6 is 0 Å². The van der Waals surface area contributed by atoms with Crippen molar-refractivity contribution in [2.75, 3.05) is 53.2 Å². The molecule has 280 valence electrons. The quantitative estimate of drug-likeness (QED) is 0.0665. The number of nitrogens with one attached hydrogen (secondary N) is 2. The first kappa shape index (κ1) is 40.5. The molecule has 0 radical (unpaired) electrons. The molecule has 3 saturated heterocycles. The summed E-state index contributed by atoms with van der Waals surface area (Å²) in [5, 5.41) is 98.0. The monoisotopic (exact) mass is 704 g/mol. The van der Waals surface area contributed by atoms with Crippen LogP contribution in [-0.4, -0.2) is 203 Å². The number of alkyl carbamates (subject to hydrolysis) is 1. The molecule has 0 aromatic rings. The van der Waals surface area contributed by atoms with Gasteiger partial charge in [-0.2, -0.15) is 0 Å². The second kappa shape index (κ2) is 19.5. The number of carbonyl (C=O) groups is 2. The summed E-state index contributed by atoms with van der Waals surface area (Å²) >= 11 is 0. The maximum atomic E-state index is 12.0. The van der Waals surface area contributed by atoms with E-state index in [0.29, 0.717) is 13.0 Å². The summed E-state index contributed by atoms with van der Waals surface area (Å²) < 4.78 is 44.0. The third-order valence-corrected chi connectivity index (χ3v) is 7.90. The van der Waals surface area contributed by atoms with Gasteiger partial charge in [0.15, 0.2) is 18.9 Å². The van der Waals surface area contributed by atoms with Crippen molar-refractivity contribution >= 4 is 12.0 Å². The van der Waals surface area contributed by atoms with Gasteiger partial charge in [0.1, 0.15) is 79.9 Å². The lowest BCUT2D eigenvalue weighted by Gasteiger charge is -2.49. The molecule has 0 aromatic carbocycles. The molecule has 11 N–H and O–H groups in total. The maximum Gasteiger partial charge on any atom is 0.407 e. The molecule has 3 rings (SSSR count). The van der Waals surface area contributed by atoms with Crippen LogP contribution in [0.5, 0.6) is 0 Å². The lowest BCUT2D eigenvalue weighted by molar-refractivity contribution is -0.382. The van der Waals surface area contributed by atoms with Crippen LogP contribution in [0.25, 0.3) is 0 Å². The van der Waals surface area contributed by atoms with Crippen molar-refractivity contribution in [3.05, 3.63) is 0 Å². The van der Waals surface area contributed by atoms with Crippen molar-refractivity contribution in [1.29, 1.82) is 0 Å². The van der Waals surface area contributed by atoms with E-state index in [1.807, 2.05) is 0 Å². The Hall–Kier alpha value is -1.90. The fraction of sp³-hybridized carbons (Fsp3) is 0.926. The molecular formula is C27H48N2O19. The van der Waals surface area contributed by atoms with Gasteiger partial charge in [-0.1, -0.05) is 0 Å². The Morgan fingerprint density at radius 1 is 0.625 bits per heavy atom. The molecule has 3 heterocycles. The highest BCUT2D eigenvalue weighted by atomic mass is 16.8. The molecule has 0 aromatic heterocycles. The van der Waals surface area contributed by atoms with Crippen molar-refractivity contribution in [1.82, 2.24) is 10.6 Å². The predicted octanol–water partition coefficient (Wildman–Crippen LogP) is -6.64. The summed E-state index contributed by atoms with van der Waals surface area (Å²) in [7, 11) is 1.20. The van der Waals surface area contributed by atoms with Gasteiger partial charge in [-0.15, -0.1) is 0 Å². The van der Waals surface area contributed by atoms with Crippen molar-refractivity contribution < 1.29 is 93.4 Å². The van der Waals surface area contributed by atoms with Gasteiger partial charge in [0.25, 0.3) is 0 Å². The van der Waals surface area contributed by atoms with Gasteiger partial charge in [-0.25, -0.2) is 4.79 Å². The number of amides is 2. The predicted molar refractivity (Wildman–Crippen MR) is 152 cm³/mol. The zero-order valence-corrected chi connectivity index (χ0v) is 26.4. The maximum absolute atomic E-state index is 12.0. The SMILES string of the molecule is CO[C@@H]1O[C@H](CO)[C@@H](O[C@@H]2O[C@H](CO)[C@H](O[C@H]3O[C@H](CO)[C@H](O)[C@H](O)[C@H]3O)[C@H](O)[C@H]2OCCOC(=O)NCCCNC(C)=O)[C@H](O)[C@H]1O. The third kappa shape index (κ3) is 10.3. The van der Waals surface area contributed by atoms with Crippen molar-refractivity contribution in [2.45, 2.75) is 105 Å². The number of aliphatic hydroxyl groups excluding tert-OH is 9. The largest absolute Gasteiger partial charge is 0.447 e. The molecule has 3 aliphatic rings. The molecule has 0 aliphatic carbocycles. The zero-order chi connectivity index (χ0) is 35.5. The standard InChI is InChI=1S/C27H48N2O19/c1-11(33)28-4-3-5-29-27(40)43-7-6-42-23-20(39)22(47-25-18(37)16(35)15(34)12(8-30)44-25)14(10-32)46-26(23)48-21-13(9-31)45-24(41-2)19(38)17(21)36/h12-26,30-32,34-39H,3-10H2,1-2H3,(H,28,33)(H,29,40)/t12-,13-,14-,15+,16+,17-,18-,19-,20+,21-,22+,23-,24-,25-,26+/m1/s1. The van der Waals surface area contributed by atoms with E-state index < -0.39 is 118 Å². The molecule has 48 heavy (non-hydrogen) atoms. The lowest BCUT2D eigenvalue weighted by Crippen LogP contribution is -2.67. The van der Waals surface area contributed by atoms with Crippen molar-refractivity contribution in [2.24, 2.45) is 0 Å². The fourth-order valence-electron chi connectivity index (χ4n) is 5.31. The van der Waals surface area contributed by atoms with E-state index in [9.17, 15) is 55.5 Å². The highest BCUT2D eigenvalue weighted by Crippen LogP contribution is 2.33. The summed E-state index contributed by atoms with van der Waals surface area (Å²) in [6.07, 6.45) is -24.4. The highest BCUT2D eigenvalue weighted by molar-refractivity contribution is 5.72. The first-order chi connectivity index (χ1) is 22.9. The van der Waals surface area contributed by atoms with Crippen LogP contribution < -0.4 is 10.6 Å². The smallest absolute Gasteiger partial charge is 0.407 e. The van der Waals surface area contributed by atoms with E-state index >= 15 is 0 Å². The first-order valence-electron chi connectivity index (χ1n) is 15.4. The highest BCUT2D eigenvalue weighted by Gasteiger charge is 2.54. The second-order valence-corrected chi connectivity index (χ2v) is 11.3. The van der Waals surface area contributed by atoms with Crippen LogP contribution in [-0.2, 0) is 42.7 Å². The average Bonchev–Trinajstić information content (AvgIpc) is 3.06. The summed E-state index contributed by atoms with van der Waals surface area (Å²) in [6.45, 7) is -1.18. The Bertz CT molecular complexity index is 979. The molecule has 0 spiro atoms. The second-order valence-electron chi connectivity index (χ2n) is 11.3. The van der Waals surface area contributed by atoms with Crippen molar-refractivity contribution in [3.8, 4) is 0 Å². The molecule has 21 heteroatoms. The topological polar surface area (TPSA) is 314 Å². The van der Waals surface area contributed by atoms with E-state index in [0.717, 1.165) is 0 Å². The first-order valence-corrected chi connectivity index (χ1v) is 15.4. The van der Waals surface area contributed by atoms with Gasteiger partial charge in [0.2, 0.25) is 5.91 Å². The van der Waals surface area contributed by atoms with E-state index in [1.54, 1.807) is 0 Å². The Morgan fingerprint density at radius 3 is 1.77 bits per heavy atom. The fourth-order valence-corrected chi connectivity index (χ4v) is 5.31. The van der Waals surface area contributed by atoms with Gasteiger partial charge >= 0.3 is 6.09 Å². The number of methoxy groups -OCH3 is 1. The summed E-state index contributed by atoms with van der Waals surface area (Å²) in [5.41, 5.74) is 0.